The van der Waals surface area contributed by atoms with Gasteiger partial charge in [-0.2, -0.15) is 0 Å². The molecule has 3 rings (SSSR count). The van der Waals surface area contributed by atoms with Crippen molar-refractivity contribution in [1.29, 1.82) is 0 Å². The fourth-order valence-electron chi connectivity index (χ4n) is 4.11. The highest BCUT2D eigenvalue weighted by molar-refractivity contribution is 7.99. The van der Waals surface area contributed by atoms with Crippen LogP contribution < -0.4 is 0 Å². The Morgan fingerprint density at radius 3 is 2.90 bits per heavy atom. The lowest BCUT2D eigenvalue weighted by Gasteiger charge is -2.35. The smallest absolute Gasteiger partial charge is 0.306 e. The Kier molecular flexibility index (Phi) is 4.58. The van der Waals surface area contributed by atoms with Crippen LogP contribution in [-0.4, -0.2) is 16.8 Å². The Hall–Kier alpha value is -0.960. The maximum Gasteiger partial charge on any atom is 0.306 e. The van der Waals surface area contributed by atoms with Gasteiger partial charge in [-0.3, -0.25) is 4.79 Å². The number of carbonyl (C=O) groups is 1. The van der Waals surface area contributed by atoms with E-state index in [1.165, 1.54) is 16.9 Å². The lowest BCUT2D eigenvalue weighted by molar-refractivity contribution is -0.145. The number of hydrogen-bond donors (Lipinski definition) is 1. The fraction of sp³-hybridized carbons (Fsp3) is 0.611. The predicted octanol–water partition coefficient (Wildman–Crippen LogP) is 4.79. The number of carboxylic acid groups (broad SMARTS) is 1. The summed E-state index contributed by atoms with van der Waals surface area (Å²) in [5, 5.41) is 9.53. The first kappa shape index (κ1) is 15.0. The van der Waals surface area contributed by atoms with Crippen molar-refractivity contribution in [3.8, 4) is 0 Å². The zero-order valence-corrected chi connectivity index (χ0v) is 13.4. The number of rotatable bonds is 4. The first-order valence-corrected chi connectivity index (χ1v) is 9.12. The molecule has 114 valence electrons. The Morgan fingerprint density at radius 1 is 1.33 bits per heavy atom. The van der Waals surface area contributed by atoms with Crippen molar-refractivity contribution in [3.05, 3.63) is 29.8 Å². The van der Waals surface area contributed by atoms with Crippen LogP contribution in [0.4, 0.5) is 0 Å². The standard InChI is InChI=1S/C18H24O2S/c1-2-12-7-8-16(18(19)20)13(9-12)10-14-11-21-17-6-4-3-5-15(14)17/h3-6,12-14,16H,2,7-11H2,1H3,(H,19,20). The first-order chi connectivity index (χ1) is 10.2. The Labute approximate surface area is 131 Å². The Morgan fingerprint density at radius 2 is 2.14 bits per heavy atom. The van der Waals surface area contributed by atoms with Crippen LogP contribution in [-0.2, 0) is 4.79 Å². The number of benzene rings is 1. The lowest BCUT2D eigenvalue weighted by atomic mass is 9.69. The van der Waals surface area contributed by atoms with E-state index in [1.54, 1.807) is 0 Å². The predicted molar refractivity (Wildman–Crippen MR) is 86.8 cm³/mol. The van der Waals surface area contributed by atoms with Crippen LogP contribution in [0.3, 0.4) is 0 Å². The highest BCUT2D eigenvalue weighted by Gasteiger charge is 2.37. The van der Waals surface area contributed by atoms with Gasteiger partial charge in [0.15, 0.2) is 0 Å². The average Bonchev–Trinajstić information content (AvgIpc) is 2.90. The molecule has 21 heavy (non-hydrogen) atoms. The van der Waals surface area contributed by atoms with Crippen LogP contribution >= 0.6 is 11.8 Å². The summed E-state index contributed by atoms with van der Waals surface area (Å²) in [7, 11) is 0. The van der Waals surface area contributed by atoms with Crippen molar-refractivity contribution in [2.24, 2.45) is 17.8 Å². The second-order valence-corrected chi connectivity index (χ2v) is 7.64. The molecule has 2 nitrogen and oxygen atoms in total. The van der Waals surface area contributed by atoms with Crippen LogP contribution in [0.1, 0.15) is 50.5 Å². The maximum atomic E-state index is 11.6. The van der Waals surface area contributed by atoms with Crippen molar-refractivity contribution in [1.82, 2.24) is 0 Å². The van der Waals surface area contributed by atoms with Crippen molar-refractivity contribution in [2.75, 3.05) is 5.75 Å². The summed E-state index contributed by atoms with van der Waals surface area (Å²) >= 11 is 1.93. The summed E-state index contributed by atoms with van der Waals surface area (Å²) in [6, 6.07) is 8.64. The van der Waals surface area contributed by atoms with Gasteiger partial charge in [-0.25, -0.2) is 0 Å². The van der Waals surface area contributed by atoms with Gasteiger partial charge < -0.3 is 5.11 Å². The van der Waals surface area contributed by atoms with E-state index in [4.69, 9.17) is 0 Å². The molecule has 1 aromatic rings. The third kappa shape index (κ3) is 3.13. The second-order valence-electron chi connectivity index (χ2n) is 6.57. The van der Waals surface area contributed by atoms with E-state index in [9.17, 15) is 9.90 Å². The van der Waals surface area contributed by atoms with Gasteiger partial charge in [0.1, 0.15) is 0 Å². The van der Waals surface area contributed by atoms with Crippen molar-refractivity contribution in [2.45, 2.75) is 49.8 Å². The molecule has 1 aromatic carbocycles. The molecule has 1 saturated carbocycles. The van der Waals surface area contributed by atoms with Crippen LogP contribution in [0.2, 0.25) is 0 Å². The summed E-state index contributed by atoms with van der Waals surface area (Å²) in [6.07, 6.45) is 5.33. The van der Waals surface area contributed by atoms with Gasteiger partial charge in [0.2, 0.25) is 0 Å². The molecule has 0 spiro atoms. The molecule has 0 aromatic heterocycles. The molecule has 0 bridgehead atoms. The molecule has 0 amide bonds. The number of aliphatic carboxylic acids is 1. The summed E-state index contributed by atoms with van der Waals surface area (Å²) in [5.74, 6) is 2.07. The normalized spacial score (nSPS) is 31.9. The summed E-state index contributed by atoms with van der Waals surface area (Å²) < 4.78 is 0. The summed E-state index contributed by atoms with van der Waals surface area (Å²) in [4.78, 5) is 13.0. The largest absolute Gasteiger partial charge is 0.481 e. The molecule has 4 atom stereocenters. The third-order valence-corrected chi connectivity index (χ3v) is 6.62. The van der Waals surface area contributed by atoms with E-state index in [2.05, 4.69) is 31.2 Å². The summed E-state index contributed by atoms with van der Waals surface area (Å²) in [5.41, 5.74) is 1.45. The topological polar surface area (TPSA) is 37.3 Å². The average molecular weight is 304 g/mol. The van der Waals surface area contributed by atoms with Gasteiger partial charge in [-0.15, -0.1) is 11.8 Å². The number of fused-ring (bicyclic) bond motifs is 1. The minimum Gasteiger partial charge on any atom is -0.481 e. The number of carboxylic acids is 1. The van der Waals surface area contributed by atoms with Gasteiger partial charge >= 0.3 is 5.97 Å². The van der Waals surface area contributed by atoms with E-state index in [0.29, 0.717) is 11.8 Å². The van der Waals surface area contributed by atoms with Crippen LogP contribution in [0.5, 0.6) is 0 Å². The lowest BCUT2D eigenvalue weighted by Crippen LogP contribution is -2.31. The molecule has 0 saturated heterocycles. The van der Waals surface area contributed by atoms with E-state index < -0.39 is 5.97 Å². The maximum absolute atomic E-state index is 11.6. The molecule has 1 aliphatic heterocycles. The van der Waals surface area contributed by atoms with Gasteiger partial charge in [-0.1, -0.05) is 31.5 Å². The van der Waals surface area contributed by atoms with Crippen molar-refractivity contribution in [3.63, 3.8) is 0 Å². The summed E-state index contributed by atoms with van der Waals surface area (Å²) in [6.45, 7) is 2.24. The quantitative estimate of drug-likeness (QED) is 0.868. The molecule has 1 N–H and O–H groups in total. The van der Waals surface area contributed by atoms with Crippen LogP contribution in [0.25, 0.3) is 0 Å². The van der Waals surface area contributed by atoms with E-state index in [0.717, 1.165) is 37.4 Å². The van der Waals surface area contributed by atoms with Gasteiger partial charge in [0.25, 0.3) is 0 Å². The molecule has 2 aliphatic rings. The van der Waals surface area contributed by atoms with Gasteiger partial charge in [-0.05, 0) is 55.1 Å². The minimum atomic E-state index is -0.575. The first-order valence-electron chi connectivity index (χ1n) is 8.13. The minimum absolute atomic E-state index is 0.120. The third-order valence-electron chi connectivity index (χ3n) is 5.37. The highest BCUT2D eigenvalue weighted by Crippen LogP contribution is 2.46. The fourth-order valence-corrected chi connectivity index (χ4v) is 5.38. The highest BCUT2D eigenvalue weighted by atomic mass is 32.2. The molecular weight excluding hydrogens is 280 g/mol. The second kappa shape index (κ2) is 6.43. The zero-order valence-electron chi connectivity index (χ0n) is 12.6. The molecule has 1 aliphatic carbocycles. The molecule has 0 radical (unpaired) electrons. The van der Waals surface area contributed by atoms with E-state index in [-0.39, 0.29) is 5.92 Å². The molecular formula is C18H24O2S. The number of hydrogen-bond acceptors (Lipinski definition) is 2. The molecule has 4 unspecified atom stereocenters. The molecule has 1 fully saturated rings. The zero-order chi connectivity index (χ0) is 14.8. The van der Waals surface area contributed by atoms with Crippen LogP contribution in [0, 0.1) is 17.8 Å². The molecule has 1 heterocycles. The Bertz CT molecular complexity index is 514. The van der Waals surface area contributed by atoms with Crippen molar-refractivity contribution < 1.29 is 9.90 Å². The Balaban J connectivity index is 1.74. The van der Waals surface area contributed by atoms with E-state index >= 15 is 0 Å². The van der Waals surface area contributed by atoms with Gasteiger partial charge in [0, 0.05) is 10.6 Å². The SMILES string of the molecule is CCC1CCC(C(=O)O)C(CC2CSc3ccccc32)C1. The monoisotopic (exact) mass is 304 g/mol. The van der Waals surface area contributed by atoms with Crippen LogP contribution in [0.15, 0.2) is 29.2 Å². The number of thioether (sulfide) groups is 1. The van der Waals surface area contributed by atoms with Gasteiger partial charge in [0.05, 0.1) is 5.92 Å². The van der Waals surface area contributed by atoms with Crippen molar-refractivity contribution >= 4 is 17.7 Å². The van der Waals surface area contributed by atoms with E-state index in [1.807, 2.05) is 11.8 Å². The molecule has 3 heteroatoms.